The fraction of sp³-hybridized carbons (Fsp3) is 0.0500. The molecule has 0 aliphatic heterocycles. The van der Waals surface area contributed by atoms with Crippen LogP contribution in [0.5, 0.6) is 0 Å². The summed E-state index contributed by atoms with van der Waals surface area (Å²) >= 11 is 0. The first kappa shape index (κ1) is 13.3. The predicted molar refractivity (Wildman–Crippen MR) is 88.1 cm³/mol. The van der Waals surface area contributed by atoms with Gasteiger partial charge in [0, 0.05) is 12.2 Å². The van der Waals surface area contributed by atoms with Crippen molar-refractivity contribution in [3.63, 3.8) is 0 Å². The fourth-order valence-corrected chi connectivity index (χ4v) is 2.47. The molecule has 1 aliphatic rings. The van der Waals surface area contributed by atoms with E-state index in [0.29, 0.717) is 0 Å². The van der Waals surface area contributed by atoms with Crippen LogP contribution in [0.4, 0.5) is 0 Å². The predicted octanol–water partition coefficient (Wildman–Crippen LogP) is 4.35. The first-order valence-corrected chi connectivity index (χ1v) is 7.01. The molecule has 0 spiro atoms. The maximum absolute atomic E-state index is 5.25. The molecule has 2 aromatic carbocycles. The molecular formula is C20H17O+. The maximum atomic E-state index is 5.25. The van der Waals surface area contributed by atoms with Crippen molar-refractivity contribution in [1.82, 2.24) is 0 Å². The zero-order valence-electron chi connectivity index (χ0n) is 12.0. The highest BCUT2D eigenvalue weighted by Gasteiger charge is 2.12. The highest BCUT2D eigenvalue weighted by molar-refractivity contribution is 6.03. The van der Waals surface area contributed by atoms with E-state index in [2.05, 4.69) is 60.7 Å². The van der Waals surface area contributed by atoms with Crippen LogP contribution in [0.15, 0.2) is 90.5 Å². The van der Waals surface area contributed by atoms with E-state index in [9.17, 15) is 0 Å². The molecule has 1 nitrogen and oxygen atoms in total. The lowest BCUT2D eigenvalue weighted by atomic mass is 9.91. The van der Waals surface area contributed by atoms with Gasteiger partial charge < -0.3 is 0 Å². The van der Waals surface area contributed by atoms with Crippen molar-refractivity contribution in [3.05, 3.63) is 102 Å². The molecule has 21 heavy (non-hydrogen) atoms. The topological polar surface area (TPSA) is 11.3 Å². The minimum Gasteiger partial charge on any atom is -0.258 e. The Bertz CT molecular complexity index is 672. The first-order chi connectivity index (χ1) is 10.4. The van der Waals surface area contributed by atoms with Crippen LogP contribution in [0.2, 0.25) is 0 Å². The lowest BCUT2D eigenvalue weighted by Gasteiger charge is -2.12. The van der Waals surface area contributed by atoms with Crippen LogP contribution >= 0.6 is 0 Å². The lowest BCUT2D eigenvalue weighted by Crippen LogP contribution is -1.99. The molecule has 1 aliphatic carbocycles. The molecule has 0 N–H and O–H groups in total. The van der Waals surface area contributed by atoms with Crippen LogP contribution in [0.3, 0.4) is 0 Å². The Balaban J connectivity index is 2.17. The molecule has 0 heterocycles. The second-order valence-electron chi connectivity index (χ2n) is 4.84. The third-order valence-corrected chi connectivity index (χ3v) is 3.50. The third kappa shape index (κ3) is 2.92. The summed E-state index contributed by atoms with van der Waals surface area (Å²) in [5, 5.41) is 0. The van der Waals surface area contributed by atoms with Crippen molar-refractivity contribution in [2.45, 2.75) is 0 Å². The number of rotatable bonds is 2. The molecule has 0 atom stereocenters. The number of allylic oxidation sites excluding steroid dienone is 5. The Hall–Kier alpha value is -2.67. The van der Waals surface area contributed by atoms with Gasteiger partial charge in [0.25, 0.3) is 7.11 Å². The molecule has 3 rings (SSSR count). The number of hydrogen-bond acceptors (Lipinski definition) is 0. The van der Waals surface area contributed by atoms with Gasteiger partial charge in [-0.3, -0.25) is 4.42 Å². The van der Waals surface area contributed by atoms with Crippen LogP contribution in [-0.4, -0.2) is 12.9 Å². The molecule has 0 fully saturated rings. The van der Waals surface area contributed by atoms with Crippen molar-refractivity contribution in [1.29, 1.82) is 0 Å². The second kappa shape index (κ2) is 6.19. The van der Waals surface area contributed by atoms with Gasteiger partial charge in [0.05, 0.1) is 0 Å². The van der Waals surface area contributed by atoms with E-state index in [-0.39, 0.29) is 0 Å². The maximum Gasteiger partial charge on any atom is 0.343 e. The average Bonchev–Trinajstić information content (AvgIpc) is 2.58. The second-order valence-corrected chi connectivity index (χ2v) is 4.84. The monoisotopic (exact) mass is 273 g/mol. The summed E-state index contributed by atoms with van der Waals surface area (Å²) in [6.07, 6.45) is 8.21. The number of hydrogen-bond donors (Lipinski definition) is 0. The normalized spacial score (nSPS) is 13.4. The molecule has 0 aromatic heterocycles. The van der Waals surface area contributed by atoms with Crippen molar-refractivity contribution in [3.8, 4) is 0 Å². The van der Waals surface area contributed by atoms with Gasteiger partial charge in [-0.15, -0.1) is 0 Å². The first-order valence-electron chi connectivity index (χ1n) is 7.01. The van der Waals surface area contributed by atoms with E-state index in [1.165, 1.54) is 22.3 Å². The molecule has 1 heteroatoms. The van der Waals surface area contributed by atoms with E-state index >= 15 is 0 Å². The van der Waals surface area contributed by atoms with Gasteiger partial charge in [0.1, 0.15) is 0 Å². The van der Waals surface area contributed by atoms with Gasteiger partial charge in [-0.1, -0.05) is 60.7 Å². The average molecular weight is 273 g/mol. The number of ketones is 1. The van der Waals surface area contributed by atoms with Crippen LogP contribution in [0.25, 0.3) is 5.57 Å². The van der Waals surface area contributed by atoms with E-state index in [0.717, 1.165) is 5.78 Å². The summed E-state index contributed by atoms with van der Waals surface area (Å²) in [5.41, 5.74) is 4.86. The van der Waals surface area contributed by atoms with Crippen molar-refractivity contribution < 1.29 is 4.42 Å². The number of carbonyl (C=O) groups excluding carboxylic acids is 1. The molecule has 0 amide bonds. The summed E-state index contributed by atoms with van der Waals surface area (Å²) in [6.45, 7) is 0. The Kier molecular flexibility index (Phi) is 3.92. The Labute approximate surface area is 125 Å². The molecule has 0 bridgehead atoms. The van der Waals surface area contributed by atoms with Gasteiger partial charge in [-0.2, -0.15) is 0 Å². The Morgan fingerprint density at radius 3 is 1.57 bits per heavy atom. The highest BCUT2D eigenvalue weighted by atomic mass is 16.4. The lowest BCUT2D eigenvalue weighted by molar-refractivity contribution is -0.417. The Morgan fingerprint density at radius 2 is 1.14 bits per heavy atom. The standard InChI is InChI=1S/C20H17O/c1-21-19-14-12-18(13-15-19)20(16-8-4-2-5-9-16)17-10-6-3-7-11-17/h2-15H,1H3/q+1. The summed E-state index contributed by atoms with van der Waals surface area (Å²) in [6, 6.07) is 21.0. The van der Waals surface area contributed by atoms with Crippen LogP contribution in [0.1, 0.15) is 11.1 Å². The summed E-state index contributed by atoms with van der Waals surface area (Å²) < 4.78 is 5.25. The van der Waals surface area contributed by atoms with Gasteiger partial charge in [0.15, 0.2) is 0 Å². The molecule has 0 unspecified atom stereocenters. The van der Waals surface area contributed by atoms with Gasteiger partial charge in [0.2, 0.25) is 0 Å². The van der Waals surface area contributed by atoms with Crippen molar-refractivity contribution >= 4 is 11.4 Å². The molecule has 2 aromatic rings. The zero-order chi connectivity index (χ0) is 14.5. The van der Waals surface area contributed by atoms with E-state index in [1.54, 1.807) is 7.11 Å². The largest absolute Gasteiger partial charge is 0.343 e. The SMILES string of the molecule is C[O+]=C1C=CC(=C(c2ccccc2)c2ccccc2)C=C1. The zero-order valence-corrected chi connectivity index (χ0v) is 12.0. The molecule has 102 valence electrons. The van der Waals surface area contributed by atoms with Gasteiger partial charge in [-0.25, -0.2) is 0 Å². The number of benzene rings is 2. The molecule has 0 saturated carbocycles. The molecular weight excluding hydrogens is 256 g/mol. The van der Waals surface area contributed by atoms with E-state index < -0.39 is 0 Å². The minimum atomic E-state index is 0.874. The van der Waals surface area contributed by atoms with Gasteiger partial charge in [-0.05, 0) is 34.4 Å². The van der Waals surface area contributed by atoms with Crippen LogP contribution < -0.4 is 0 Å². The van der Waals surface area contributed by atoms with Crippen molar-refractivity contribution in [2.75, 3.05) is 7.11 Å². The van der Waals surface area contributed by atoms with Gasteiger partial charge >= 0.3 is 5.78 Å². The minimum absolute atomic E-state index is 0.874. The fourth-order valence-electron chi connectivity index (χ4n) is 2.47. The summed E-state index contributed by atoms with van der Waals surface area (Å²) in [4.78, 5) is 0. The smallest absolute Gasteiger partial charge is 0.258 e. The van der Waals surface area contributed by atoms with Crippen LogP contribution in [-0.2, 0) is 4.42 Å². The molecule has 0 radical (unpaired) electrons. The molecule has 0 saturated heterocycles. The van der Waals surface area contributed by atoms with Crippen molar-refractivity contribution in [2.24, 2.45) is 0 Å². The quantitative estimate of drug-likeness (QED) is 0.721. The summed E-state index contributed by atoms with van der Waals surface area (Å²) in [7, 11) is 1.69. The highest BCUT2D eigenvalue weighted by Crippen LogP contribution is 2.29. The van der Waals surface area contributed by atoms with Crippen LogP contribution in [0, 0.1) is 0 Å². The third-order valence-electron chi connectivity index (χ3n) is 3.50. The summed E-state index contributed by atoms with van der Waals surface area (Å²) in [5.74, 6) is 0.874. The Morgan fingerprint density at radius 1 is 0.667 bits per heavy atom. The van der Waals surface area contributed by atoms with E-state index in [1.807, 2.05) is 24.3 Å². The van der Waals surface area contributed by atoms with E-state index in [4.69, 9.17) is 4.42 Å².